The molecular formula is C18H23NO. The lowest BCUT2D eigenvalue weighted by Crippen LogP contribution is -2.13. The molecule has 1 N–H and O–H groups in total. The lowest BCUT2D eigenvalue weighted by molar-refractivity contribution is 0.333. The highest BCUT2D eigenvalue weighted by Gasteiger charge is 2.03. The number of aryl methyl sites for hydroxylation is 3. The third kappa shape index (κ3) is 3.77. The third-order valence-electron chi connectivity index (χ3n) is 3.43. The van der Waals surface area contributed by atoms with Crippen molar-refractivity contribution >= 4 is 5.69 Å². The van der Waals surface area contributed by atoms with Crippen molar-refractivity contribution in [3.63, 3.8) is 0 Å². The smallest absolute Gasteiger partial charge is 0.119 e. The normalized spacial score (nSPS) is 10.3. The third-order valence-corrected chi connectivity index (χ3v) is 3.43. The quantitative estimate of drug-likeness (QED) is 0.787. The highest BCUT2D eigenvalue weighted by atomic mass is 16.5. The van der Waals surface area contributed by atoms with Gasteiger partial charge in [-0.05, 0) is 43.5 Å². The van der Waals surface area contributed by atoms with E-state index in [1.807, 2.05) is 12.1 Å². The molecule has 0 unspecified atom stereocenters. The Morgan fingerprint density at radius 3 is 2.45 bits per heavy atom. The van der Waals surface area contributed by atoms with Gasteiger partial charge in [-0.2, -0.15) is 0 Å². The molecule has 2 aromatic carbocycles. The van der Waals surface area contributed by atoms with E-state index in [0.29, 0.717) is 6.61 Å². The summed E-state index contributed by atoms with van der Waals surface area (Å²) in [5.74, 6) is 0.929. The van der Waals surface area contributed by atoms with Crippen LogP contribution in [0.2, 0.25) is 0 Å². The topological polar surface area (TPSA) is 21.3 Å². The van der Waals surface area contributed by atoms with Crippen LogP contribution in [0.15, 0.2) is 42.5 Å². The van der Waals surface area contributed by atoms with Crippen molar-refractivity contribution in [3.8, 4) is 5.75 Å². The van der Waals surface area contributed by atoms with Crippen LogP contribution in [0.5, 0.6) is 5.75 Å². The van der Waals surface area contributed by atoms with Crippen molar-refractivity contribution in [2.75, 3.05) is 18.5 Å². The van der Waals surface area contributed by atoms with Gasteiger partial charge < -0.3 is 10.1 Å². The number of rotatable bonds is 6. The molecule has 0 aromatic heterocycles. The van der Waals surface area contributed by atoms with Crippen LogP contribution in [-0.4, -0.2) is 13.2 Å². The number of hydrogen-bond acceptors (Lipinski definition) is 2. The molecule has 20 heavy (non-hydrogen) atoms. The molecule has 2 nitrogen and oxygen atoms in total. The second-order valence-electron chi connectivity index (χ2n) is 5.05. The van der Waals surface area contributed by atoms with Crippen molar-refractivity contribution in [2.45, 2.75) is 27.2 Å². The molecule has 106 valence electrons. The molecule has 0 radical (unpaired) electrons. The van der Waals surface area contributed by atoms with Gasteiger partial charge in [0, 0.05) is 12.2 Å². The standard InChI is InChI=1S/C18H23NO/c1-4-16-7-5-6-15(3)18(16)19-12-13-20-17-10-8-14(2)9-11-17/h5-11,19H,4,12-13H2,1-3H3. The molecule has 0 saturated heterocycles. The lowest BCUT2D eigenvalue weighted by atomic mass is 10.1. The Balaban J connectivity index is 1.86. The van der Waals surface area contributed by atoms with E-state index in [1.165, 1.54) is 22.4 Å². The molecule has 0 aliphatic carbocycles. The predicted molar refractivity (Wildman–Crippen MR) is 85.7 cm³/mol. The zero-order chi connectivity index (χ0) is 14.4. The van der Waals surface area contributed by atoms with Crippen LogP contribution in [0.3, 0.4) is 0 Å². The lowest BCUT2D eigenvalue weighted by Gasteiger charge is -2.14. The van der Waals surface area contributed by atoms with Crippen LogP contribution in [0.1, 0.15) is 23.6 Å². The fraction of sp³-hybridized carbons (Fsp3) is 0.333. The summed E-state index contributed by atoms with van der Waals surface area (Å²) in [6, 6.07) is 14.6. The minimum absolute atomic E-state index is 0.667. The van der Waals surface area contributed by atoms with Crippen LogP contribution in [-0.2, 0) is 6.42 Å². The largest absolute Gasteiger partial charge is 0.492 e. The highest BCUT2D eigenvalue weighted by molar-refractivity contribution is 5.57. The van der Waals surface area contributed by atoms with Gasteiger partial charge in [-0.25, -0.2) is 0 Å². The van der Waals surface area contributed by atoms with Gasteiger partial charge in [-0.1, -0.05) is 42.8 Å². The highest BCUT2D eigenvalue weighted by Crippen LogP contribution is 2.20. The van der Waals surface area contributed by atoms with Crippen molar-refractivity contribution in [1.29, 1.82) is 0 Å². The Morgan fingerprint density at radius 1 is 1.00 bits per heavy atom. The zero-order valence-electron chi connectivity index (χ0n) is 12.6. The number of benzene rings is 2. The fourth-order valence-electron chi connectivity index (χ4n) is 2.26. The maximum absolute atomic E-state index is 5.73. The van der Waals surface area contributed by atoms with Crippen LogP contribution in [0, 0.1) is 13.8 Å². The molecule has 0 fully saturated rings. The summed E-state index contributed by atoms with van der Waals surface area (Å²) in [7, 11) is 0. The zero-order valence-corrected chi connectivity index (χ0v) is 12.6. The minimum atomic E-state index is 0.667. The van der Waals surface area contributed by atoms with E-state index < -0.39 is 0 Å². The minimum Gasteiger partial charge on any atom is -0.492 e. The Hall–Kier alpha value is -1.96. The summed E-state index contributed by atoms with van der Waals surface area (Å²) in [6.45, 7) is 7.88. The van der Waals surface area contributed by atoms with Gasteiger partial charge in [0.1, 0.15) is 12.4 Å². The number of hydrogen-bond donors (Lipinski definition) is 1. The number of nitrogens with one attached hydrogen (secondary N) is 1. The molecule has 0 saturated carbocycles. The molecule has 2 rings (SSSR count). The Bertz CT molecular complexity index is 546. The van der Waals surface area contributed by atoms with Crippen LogP contribution >= 0.6 is 0 Å². The van der Waals surface area contributed by atoms with Crippen LogP contribution in [0.25, 0.3) is 0 Å². The molecule has 0 aliphatic heterocycles. The fourth-order valence-corrected chi connectivity index (χ4v) is 2.26. The van der Waals surface area contributed by atoms with Gasteiger partial charge in [0.25, 0.3) is 0 Å². The van der Waals surface area contributed by atoms with Crippen molar-refractivity contribution < 1.29 is 4.74 Å². The van der Waals surface area contributed by atoms with Gasteiger partial charge >= 0.3 is 0 Å². The maximum atomic E-state index is 5.73. The van der Waals surface area contributed by atoms with E-state index in [-0.39, 0.29) is 0 Å². The first-order valence-corrected chi connectivity index (χ1v) is 7.22. The van der Waals surface area contributed by atoms with E-state index in [9.17, 15) is 0 Å². The molecular weight excluding hydrogens is 246 g/mol. The van der Waals surface area contributed by atoms with Gasteiger partial charge in [0.15, 0.2) is 0 Å². The summed E-state index contributed by atoms with van der Waals surface area (Å²) in [5, 5.41) is 3.49. The molecule has 0 heterocycles. The van der Waals surface area contributed by atoms with Crippen molar-refractivity contribution in [3.05, 3.63) is 59.2 Å². The van der Waals surface area contributed by atoms with E-state index in [2.05, 4.69) is 56.4 Å². The second-order valence-corrected chi connectivity index (χ2v) is 5.05. The summed E-state index contributed by atoms with van der Waals surface area (Å²) in [4.78, 5) is 0. The van der Waals surface area contributed by atoms with Crippen LogP contribution < -0.4 is 10.1 Å². The summed E-state index contributed by atoms with van der Waals surface area (Å²) >= 11 is 0. The maximum Gasteiger partial charge on any atom is 0.119 e. The summed E-state index contributed by atoms with van der Waals surface area (Å²) in [6.07, 6.45) is 1.04. The van der Waals surface area contributed by atoms with E-state index in [0.717, 1.165) is 18.7 Å². The summed E-state index contributed by atoms with van der Waals surface area (Å²) in [5.41, 5.74) is 5.16. The van der Waals surface area contributed by atoms with E-state index in [1.54, 1.807) is 0 Å². The Kier molecular flexibility index (Phi) is 5.05. The molecule has 0 amide bonds. The van der Waals surface area contributed by atoms with E-state index in [4.69, 9.17) is 4.74 Å². The number of anilines is 1. The second kappa shape index (κ2) is 6.99. The monoisotopic (exact) mass is 269 g/mol. The molecule has 0 bridgehead atoms. The first-order valence-electron chi connectivity index (χ1n) is 7.22. The van der Waals surface area contributed by atoms with Gasteiger partial charge in [-0.15, -0.1) is 0 Å². The number of para-hydroxylation sites is 1. The molecule has 2 aromatic rings. The van der Waals surface area contributed by atoms with Crippen LogP contribution in [0.4, 0.5) is 5.69 Å². The van der Waals surface area contributed by atoms with Crippen molar-refractivity contribution in [2.24, 2.45) is 0 Å². The van der Waals surface area contributed by atoms with Gasteiger partial charge in [-0.3, -0.25) is 0 Å². The molecule has 2 heteroatoms. The first-order chi connectivity index (χ1) is 9.70. The average molecular weight is 269 g/mol. The molecule has 0 spiro atoms. The van der Waals surface area contributed by atoms with Crippen molar-refractivity contribution in [1.82, 2.24) is 0 Å². The Morgan fingerprint density at radius 2 is 1.75 bits per heavy atom. The Labute approximate surface area is 121 Å². The van der Waals surface area contributed by atoms with E-state index >= 15 is 0 Å². The first kappa shape index (κ1) is 14.4. The summed E-state index contributed by atoms with van der Waals surface area (Å²) < 4.78 is 5.73. The molecule has 0 aliphatic rings. The van der Waals surface area contributed by atoms with Gasteiger partial charge in [0.2, 0.25) is 0 Å². The number of ether oxygens (including phenoxy) is 1. The molecule has 0 atom stereocenters. The SMILES string of the molecule is CCc1cccc(C)c1NCCOc1ccc(C)cc1. The average Bonchev–Trinajstić information content (AvgIpc) is 2.46. The van der Waals surface area contributed by atoms with Gasteiger partial charge in [0.05, 0.1) is 0 Å². The predicted octanol–water partition coefficient (Wildman–Crippen LogP) is 4.36.